The average molecular weight is 238 g/mol. The normalized spacial score (nSPS) is 25.4. The van der Waals surface area contributed by atoms with E-state index >= 15 is 0 Å². The van der Waals surface area contributed by atoms with E-state index in [0.717, 1.165) is 11.3 Å². The van der Waals surface area contributed by atoms with Gasteiger partial charge in [0.25, 0.3) is 0 Å². The number of hydrogen-bond acceptors (Lipinski definition) is 2. The zero-order chi connectivity index (χ0) is 12.3. The van der Waals surface area contributed by atoms with Crippen molar-refractivity contribution in [1.29, 1.82) is 0 Å². The van der Waals surface area contributed by atoms with Crippen LogP contribution in [0.15, 0.2) is 0 Å². The van der Waals surface area contributed by atoms with Crippen LogP contribution < -0.4 is 0 Å². The van der Waals surface area contributed by atoms with E-state index in [-0.39, 0.29) is 0 Å². The third kappa shape index (κ3) is 3.45. The Morgan fingerprint density at radius 3 is 2.24 bits per heavy atom. The summed E-state index contributed by atoms with van der Waals surface area (Å²) in [6, 6.07) is 0. The summed E-state index contributed by atoms with van der Waals surface area (Å²) in [5, 5.41) is 0. The molecule has 0 bridgehead atoms. The lowest BCUT2D eigenvalue weighted by Crippen LogP contribution is -2.60. The standard InChI is InChI=1S/C15H30N2/c1-4-5-8-17-12-15(13-17)6-9-16(10-7-15)11-14(2)3/h14H,4-13H2,1-3H3. The molecule has 2 saturated heterocycles. The topological polar surface area (TPSA) is 6.48 Å². The molecule has 0 radical (unpaired) electrons. The molecule has 0 aromatic heterocycles. The van der Waals surface area contributed by atoms with Crippen molar-refractivity contribution in [1.82, 2.24) is 9.80 Å². The van der Waals surface area contributed by atoms with E-state index < -0.39 is 0 Å². The maximum absolute atomic E-state index is 2.67. The summed E-state index contributed by atoms with van der Waals surface area (Å²) in [7, 11) is 0. The third-order valence-corrected chi connectivity index (χ3v) is 4.49. The zero-order valence-corrected chi connectivity index (χ0v) is 12.0. The highest BCUT2D eigenvalue weighted by atomic mass is 15.2. The van der Waals surface area contributed by atoms with Gasteiger partial charge in [0, 0.05) is 19.6 Å². The Bertz CT molecular complexity index is 221. The molecule has 0 atom stereocenters. The lowest BCUT2D eigenvalue weighted by molar-refractivity contribution is -0.0480. The average Bonchev–Trinajstić information content (AvgIpc) is 2.25. The molecule has 2 aliphatic heterocycles. The van der Waals surface area contributed by atoms with Gasteiger partial charge in [0.1, 0.15) is 0 Å². The summed E-state index contributed by atoms with van der Waals surface area (Å²) >= 11 is 0. The summed E-state index contributed by atoms with van der Waals surface area (Å²) in [6.45, 7) is 15.1. The quantitative estimate of drug-likeness (QED) is 0.727. The summed E-state index contributed by atoms with van der Waals surface area (Å²) < 4.78 is 0. The fourth-order valence-electron chi connectivity index (χ4n) is 3.48. The molecule has 2 rings (SSSR count). The largest absolute Gasteiger partial charge is 0.303 e. The van der Waals surface area contributed by atoms with Crippen LogP contribution in [0.5, 0.6) is 0 Å². The van der Waals surface area contributed by atoms with E-state index in [2.05, 4.69) is 30.6 Å². The number of hydrogen-bond donors (Lipinski definition) is 0. The molecule has 2 aliphatic rings. The lowest BCUT2D eigenvalue weighted by atomic mass is 9.72. The Morgan fingerprint density at radius 2 is 1.71 bits per heavy atom. The summed E-state index contributed by atoms with van der Waals surface area (Å²) in [5.74, 6) is 0.825. The van der Waals surface area contributed by atoms with Crippen LogP contribution in [0.4, 0.5) is 0 Å². The Kier molecular flexibility index (Phi) is 4.48. The second kappa shape index (κ2) is 5.71. The molecule has 100 valence electrons. The van der Waals surface area contributed by atoms with Crippen molar-refractivity contribution in [2.45, 2.75) is 46.5 Å². The van der Waals surface area contributed by atoms with E-state index in [1.165, 1.54) is 65.0 Å². The molecular weight excluding hydrogens is 208 g/mol. The van der Waals surface area contributed by atoms with Crippen LogP contribution in [0.3, 0.4) is 0 Å². The van der Waals surface area contributed by atoms with Gasteiger partial charge >= 0.3 is 0 Å². The SMILES string of the molecule is CCCCN1CC2(CCN(CC(C)C)CC2)C1. The van der Waals surface area contributed by atoms with Crippen LogP contribution in [-0.2, 0) is 0 Å². The van der Waals surface area contributed by atoms with Gasteiger partial charge in [-0.05, 0) is 50.2 Å². The molecule has 0 aromatic carbocycles. The predicted octanol–water partition coefficient (Wildman–Crippen LogP) is 2.84. The van der Waals surface area contributed by atoms with Gasteiger partial charge in [-0.15, -0.1) is 0 Å². The predicted molar refractivity (Wildman–Crippen MR) is 74.3 cm³/mol. The first kappa shape index (κ1) is 13.4. The van der Waals surface area contributed by atoms with Crippen LogP contribution in [0.25, 0.3) is 0 Å². The fraction of sp³-hybridized carbons (Fsp3) is 1.00. The van der Waals surface area contributed by atoms with Gasteiger partial charge < -0.3 is 9.80 Å². The molecule has 17 heavy (non-hydrogen) atoms. The van der Waals surface area contributed by atoms with Crippen molar-refractivity contribution in [2.75, 3.05) is 39.3 Å². The molecule has 0 aliphatic carbocycles. The number of piperidine rings is 1. The highest BCUT2D eigenvalue weighted by Crippen LogP contribution is 2.40. The van der Waals surface area contributed by atoms with E-state index in [1.807, 2.05) is 0 Å². The molecule has 2 heteroatoms. The second-order valence-corrected chi connectivity index (χ2v) is 6.76. The third-order valence-electron chi connectivity index (χ3n) is 4.49. The minimum Gasteiger partial charge on any atom is -0.303 e. The van der Waals surface area contributed by atoms with Crippen molar-refractivity contribution in [3.8, 4) is 0 Å². The van der Waals surface area contributed by atoms with E-state index in [9.17, 15) is 0 Å². The lowest BCUT2D eigenvalue weighted by Gasteiger charge is -2.54. The molecule has 0 amide bonds. The minimum atomic E-state index is 0.723. The zero-order valence-electron chi connectivity index (χ0n) is 12.0. The van der Waals surface area contributed by atoms with Crippen molar-refractivity contribution in [3.05, 3.63) is 0 Å². The van der Waals surface area contributed by atoms with Crippen molar-refractivity contribution >= 4 is 0 Å². The Hall–Kier alpha value is -0.0800. The molecule has 2 nitrogen and oxygen atoms in total. The van der Waals surface area contributed by atoms with Crippen LogP contribution in [-0.4, -0.2) is 49.1 Å². The second-order valence-electron chi connectivity index (χ2n) is 6.76. The van der Waals surface area contributed by atoms with Gasteiger partial charge in [-0.1, -0.05) is 27.2 Å². The van der Waals surface area contributed by atoms with Crippen LogP contribution >= 0.6 is 0 Å². The van der Waals surface area contributed by atoms with Crippen molar-refractivity contribution < 1.29 is 0 Å². The maximum atomic E-state index is 2.67. The van der Waals surface area contributed by atoms with Gasteiger partial charge in [-0.25, -0.2) is 0 Å². The highest BCUT2D eigenvalue weighted by molar-refractivity contribution is 4.98. The first-order chi connectivity index (χ1) is 8.13. The van der Waals surface area contributed by atoms with E-state index in [4.69, 9.17) is 0 Å². The monoisotopic (exact) mass is 238 g/mol. The van der Waals surface area contributed by atoms with E-state index in [1.54, 1.807) is 0 Å². The fourth-order valence-corrected chi connectivity index (χ4v) is 3.48. The minimum absolute atomic E-state index is 0.723. The number of unbranched alkanes of at least 4 members (excludes halogenated alkanes) is 1. The molecule has 0 unspecified atom stereocenters. The van der Waals surface area contributed by atoms with Crippen molar-refractivity contribution in [3.63, 3.8) is 0 Å². The first-order valence-electron chi connectivity index (χ1n) is 7.58. The summed E-state index contributed by atoms with van der Waals surface area (Å²) in [4.78, 5) is 5.34. The first-order valence-corrected chi connectivity index (χ1v) is 7.58. The number of nitrogens with zero attached hydrogens (tertiary/aromatic N) is 2. The Labute approximate surface area is 107 Å². The molecule has 2 heterocycles. The molecule has 2 fully saturated rings. The smallest absolute Gasteiger partial charge is 0.00514 e. The van der Waals surface area contributed by atoms with Gasteiger partial charge in [0.05, 0.1) is 0 Å². The number of rotatable bonds is 5. The molecule has 0 saturated carbocycles. The molecule has 0 aromatic rings. The molecular formula is C15H30N2. The van der Waals surface area contributed by atoms with Gasteiger partial charge in [0.2, 0.25) is 0 Å². The van der Waals surface area contributed by atoms with Crippen LogP contribution in [0.2, 0.25) is 0 Å². The molecule has 1 spiro atoms. The Morgan fingerprint density at radius 1 is 1.06 bits per heavy atom. The van der Waals surface area contributed by atoms with Crippen molar-refractivity contribution in [2.24, 2.45) is 11.3 Å². The number of likely N-dealkylation sites (tertiary alicyclic amines) is 2. The molecule has 0 N–H and O–H groups in total. The summed E-state index contributed by atoms with van der Waals surface area (Å²) in [6.07, 6.45) is 5.62. The highest BCUT2D eigenvalue weighted by Gasteiger charge is 2.44. The van der Waals surface area contributed by atoms with Gasteiger partial charge in [-0.3, -0.25) is 0 Å². The van der Waals surface area contributed by atoms with Crippen LogP contribution in [0.1, 0.15) is 46.5 Å². The summed E-state index contributed by atoms with van der Waals surface area (Å²) in [5.41, 5.74) is 0.723. The van der Waals surface area contributed by atoms with Gasteiger partial charge in [-0.2, -0.15) is 0 Å². The maximum Gasteiger partial charge on any atom is 0.00514 e. The van der Waals surface area contributed by atoms with Crippen LogP contribution in [0, 0.1) is 11.3 Å². The van der Waals surface area contributed by atoms with E-state index in [0.29, 0.717) is 0 Å². The van der Waals surface area contributed by atoms with Gasteiger partial charge in [0.15, 0.2) is 0 Å². The Balaban J connectivity index is 1.66.